The third kappa shape index (κ3) is 5.47. The molecule has 1 saturated heterocycles. The van der Waals surface area contributed by atoms with Gasteiger partial charge in [-0.25, -0.2) is 0 Å². The number of nitrogens with two attached hydrogens (primary N) is 1. The molecule has 2 rings (SSSR count). The van der Waals surface area contributed by atoms with Crippen LogP contribution in [0.1, 0.15) is 65.9 Å². The highest BCUT2D eigenvalue weighted by atomic mass is 32.1. The van der Waals surface area contributed by atoms with Crippen molar-refractivity contribution in [2.24, 2.45) is 0 Å². The van der Waals surface area contributed by atoms with Gasteiger partial charge in [-0.3, -0.25) is 0 Å². The second-order valence-corrected chi connectivity index (χ2v) is 9.01. The predicted octanol–water partition coefficient (Wildman–Crippen LogP) is 3.38. The number of quaternary nitrogens is 1. The van der Waals surface area contributed by atoms with Crippen LogP contribution in [0.3, 0.4) is 0 Å². The van der Waals surface area contributed by atoms with E-state index >= 15 is 0 Å². The molecule has 0 bridgehead atoms. The average molecular weight is 335 g/mol. The summed E-state index contributed by atoms with van der Waals surface area (Å²) in [7, 11) is 0. The lowest BCUT2D eigenvalue weighted by molar-refractivity contribution is -0.787. The smallest absolute Gasteiger partial charge is 0.171 e. The van der Waals surface area contributed by atoms with Crippen molar-refractivity contribution in [3.8, 4) is 0 Å². The van der Waals surface area contributed by atoms with Crippen molar-refractivity contribution in [3.05, 3.63) is 29.8 Å². The van der Waals surface area contributed by atoms with Gasteiger partial charge in [0, 0.05) is 24.6 Å². The van der Waals surface area contributed by atoms with E-state index in [4.69, 9.17) is 12.2 Å². The molecular formula is C19H32N3S+. The first-order chi connectivity index (χ1) is 10.6. The largest absolute Gasteiger partial charge is 0.359 e. The van der Waals surface area contributed by atoms with Crippen molar-refractivity contribution >= 4 is 23.0 Å². The lowest BCUT2D eigenvalue weighted by Gasteiger charge is -2.43. The van der Waals surface area contributed by atoms with E-state index in [0.717, 1.165) is 23.6 Å². The molecular weight excluding hydrogens is 302 g/mol. The van der Waals surface area contributed by atoms with Gasteiger partial charge in [-0.05, 0) is 63.5 Å². The third-order valence-corrected chi connectivity index (χ3v) is 4.72. The first-order valence-electron chi connectivity index (χ1n) is 8.61. The molecule has 23 heavy (non-hydrogen) atoms. The molecule has 4 N–H and O–H groups in total. The summed E-state index contributed by atoms with van der Waals surface area (Å²) in [6.07, 6.45) is 2.23. The molecule has 0 spiro atoms. The van der Waals surface area contributed by atoms with Crippen LogP contribution in [0.15, 0.2) is 24.3 Å². The van der Waals surface area contributed by atoms with Crippen molar-refractivity contribution in [2.45, 2.75) is 77.4 Å². The van der Waals surface area contributed by atoms with Gasteiger partial charge >= 0.3 is 0 Å². The minimum absolute atomic E-state index is 0.244. The van der Waals surface area contributed by atoms with Gasteiger partial charge in [0.25, 0.3) is 0 Å². The van der Waals surface area contributed by atoms with Gasteiger partial charge in [0.2, 0.25) is 0 Å². The van der Waals surface area contributed by atoms with Crippen LogP contribution in [0.2, 0.25) is 0 Å². The standard InChI is InChI=1S/C19H31N3S/c1-13(2)14-7-9-15(10-8-14)20-17(23)21-16-11-18(3,4)22-19(5,6)12-16/h7-10,13,16,22H,11-12H2,1-6H3,(H2,20,21,23)/p+1. The molecule has 0 saturated carbocycles. The number of rotatable bonds is 3. The Morgan fingerprint density at radius 2 is 1.61 bits per heavy atom. The number of benzene rings is 1. The molecule has 0 aliphatic carbocycles. The summed E-state index contributed by atoms with van der Waals surface area (Å²) in [6.45, 7) is 13.7. The number of nitrogens with one attached hydrogen (secondary N) is 2. The quantitative estimate of drug-likeness (QED) is 0.742. The molecule has 0 atom stereocenters. The van der Waals surface area contributed by atoms with Gasteiger partial charge in [0.05, 0.1) is 11.1 Å². The zero-order valence-electron chi connectivity index (χ0n) is 15.4. The molecule has 1 heterocycles. The number of thiocarbonyl (C=S) groups is 1. The van der Waals surface area contributed by atoms with Crippen LogP contribution in [0.25, 0.3) is 0 Å². The average Bonchev–Trinajstić information content (AvgIpc) is 2.34. The van der Waals surface area contributed by atoms with Crippen molar-refractivity contribution < 1.29 is 5.32 Å². The third-order valence-electron chi connectivity index (χ3n) is 4.50. The molecule has 1 aliphatic rings. The fourth-order valence-electron chi connectivity index (χ4n) is 3.92. The summed E-state index contributed by atoms with van der Waals surface area (Å²) in [5.74, 6) is 0.553. The Labute approximate surface area is 146 Å². The molecule has 0 aromatic heterocycles. The molecule has 1 aliphatic heterocycles. The second kappa shape index (κ2) is 6.78. The van der Waals surface area contributed by atoms with Crippen LogP contribution in [0.4, 0.5) is 5.69 Å². The molecule has 128 valence electrons. The zero-order chi connectivity index (χ0) is 17.3. The van der Waals surface area contributed by atoms with E-state index in [1.807, 2.05) is 0 Å². The number of hydrogen-bond donors (Lipinski definition) is 3. The van der Waals surface area contributed by atoms with Crippen LogP contribution >= 0.6 is 12.2 Å². The lowest BCUT2D eigenvalue weighted by atomic mass is 9.80. The van der Waals surface area contributed by atoms with Gasteiger partial charge < -0.3 is 16.0 Å². The van der Waals surface area contributed by atoms with Crippen molar-refractivity contribution in [2.75, 3.05) is 5.32 Å². The number of hydrogen-bond acceptors (Lipinski definition) is 1. The minimum atomic E-state index is 0.244. The maximum Gasteiger partial charge on any atom is 0.171 e. The SMILES string of the molecule is CC(C)c1ccc(NC(=S)NC2CC(C)(C)[NH2+]C(C)(C)C2)cc1. The van der Waals surface area contributed by atoms with E-state index in [2.05, 4.69) is 81.8 Å². The summed E-state index contributed by atoms with van der Waals surface area (Å²) in [6, 6.07) is 8.95. The number of piperidine rings is 1. The lowest BCUT2D eigenvalue weighted by Crippen LogP contribution is -3.06. The normalized spacial score (nSPS) is 20.3. The highest BCUT2D eigenvalue weighted by Gasteiger charge is 2.41. The molecule has 1 aromatic carbocycles. The maximum atomic E-state index is 5.52. The molecule has 3 nitrogen and oxygen atoms in total. The van der Waals surface area contributed by atoms with E-state index in [1.165, 1.54) is 5.56 Å². The first kappa shape index (κ1) is 18.2. The number of anilines is 1. The van der Waals surface area contributed by atoms with Crippen molar-refractivity contribution in [1.82, 2.24) is 5.32 Å². The van der Waals surface area contributed by atoms with Crippen molar-refractivity contribution in [1.29, 1.82) is 0 Å². The molecule has 1 aromatic rings. The fraction of sp³-hybridized carbons (Fsp3) is 0.632. The Balaban J connectivity index is 1.94. The van der Waals surface area contributed by atoms with Crippen LogP contribution in [-0.4, -0.2) is 22.2 Å². The molecule has 0 radical (unpaired) electrons. The summed E-state index contributed by atoms with van der Waals surface area (Å²) in [5.41, 5.74) is 2.88. The molecule has 0 amide bonds. The Bertz CT molecular complexity index is 530. The maximum absolute atomic E-state index is 5.52. The summed E-state index contributed by atoms with van der Waals surface area (Å²) >= 11 is 5.52. The second-order valence-electron chi connectivity index (χ2n) is 8.60. The van der Waals surface area contributed by atoms with Crippen LogP contribution in [0.5, 0.6) is 0 Å². The van der Waals surface area contributed by atoms with E-state index in [9.17, 15) is 0 Å². The fourth-order valence-corrected chi connectivity index (χ4v) is 4.21. The van der Waals surface area contributed by atoms with Gasteiger partial charge in [-0.2, -0.15) is 0 Å². The zero-order valence-corrected chi connectivity index (χ0v) is 16.2. The van der Waals surface area contributed by atoms with E-state index in [0.29, 0.717) is 12.0 Å². The Morgan fingerprint density at radius 1 is 1.09 bits per heavy atom. The van der Waals surface area contributed by atoms with Crippen LogP contribution in [-0.2, 0) is 0 Å². The summed E-state index contributed by atoms with van der Waals surface area (Å²) in [5, 5.41) is 10.0. The van der Waals surface area contributed by atoms with E-state index < -0.39 is 0 Å². The minimum Gasteiger partial charge on any atom is -0.359 e. The van der Waals surface area contributed by atoms with E-state index in [1.54, 1.807) is 0 Å². The topological polar surface area (TPSA) is 40.7 Å². The first-order valence-corrected chi connectivity index (χ1v) is 9.02. The Hall–Kier alpha value is -1.13. The van der Waals surface area contributed by atoms with Gasteiger partial charge in [0.1, 0.15) is 0 Å². The Morgan fingerprint density at radius 3 is 2.09 bits per heavy atom. The monoisotopic (exact) mass is 334 g/mol. The molecule has 4 heteroatoms. The highest BCUT2D eigenvalue weighted by molar-refractivity contribution is 7.80. The van der Waals surface area contributed by atoms with Crippen LogP contribution < -0.4 is 16.0 Å². The highest BCUT2D eigenvalue weighted by Crippen LogP contribution is 2.22. The van der Waals surface area contributed by atoms with Gasteiger partial charge in [-0.15, -0.1) is 0 Å². The Kier molecular flexibility index (Phi) is 5.37. The summed E-state index contributed by atoms with van der Waals surface area (Å²) in [4.78, 5) is 0. The summed E-state index contributed by atoms with van der Waals surface area (Å²) < 4.78 is 0. The molecule has 0 unspecified atom stereocenters. The predicted molar refractivity (Wildman–Crippen MR) is 103 cm³/mol. The van der Waals surface area contributed by atoms with Crippen molar-refractivity contribution in [3.63, 3.8) is 0 Å². The van der Waals surface area contributed by atoms with Crippen LogP contribution in [0, 0.1) is 0 Å². The molecule has 1 fully saturated rings. The van der Waals surface area contributed by atoms with Gasteiger partial charge in [0.15, 0.2) is 5.11 Å². The van der Waals surface area contributed by atoms with E-state index in [-0.39, 0.29) is 11.1 Å². The van der Waals surface area contributed by atoms with Gasteiger partial charge in [-0.1, -0.05) is 26.0 Å².